The van der Waals surface area contributed by atoms with Crippen LogP contribution in [0.15, 0.2) is 24.3 Å². The molecule has 0 bridgehead atoms. The standard InChI is InChI=1S/C12H14N2O3/c1-12(2,3)17-11(15)14-9-5-4-6-10(7-9)16-8-13/h4-7H,1-3H3,(H,14,15). The molecule has 1 aromatic rings. The molecule has 0 spiro atoms. The van der Waals surface area contributed by atoms with Gasteiger partial charge in [-0.1, -0.05) is 6.07 Å². The Morgan fingerprint density at radius 2 is 2.12 bits per heavy atom. The minimum Gasteiger partial charge on any atom is -0.444 e. The number of hydrogen-bond acceptors (Lipinski definition) is 4. The van der Waals surface area contributed by atoms with Gasteiger partial charge >= 0.3 is 6.09 Å². The van der Waals surface area contributed by atoms with Crippen molar-refractivity contribution in [1.29, 1.82) is 5.26 Å². The molecular weight excluding hydrogens is 220 g/mol. The van der Waals surface area contributed by atoms with E-state index < -0.39 is 11.7 Å². The fraction of sp³-hybridized carbons (Fsp3) is 0.333. The van der Waals surface area contributed by atoms with Crippen LogP contribution in [0, 0.1) is 11.5 Å². The molecule has 0 saturated heterocycles. The van der Waals surface area contributed by atoms with Crippen LogP contribution in [0.25, 0.3) is 0 Å². The summed E-state index contributed by atoms with van der Waals surface area (Å²) in [6.07, 6.45) is 1.01. The summed E-state index contributed by atoms with van der Waals surface area (Å²) in [7, 11) is 0. The molecule has 0 unspecified atom stereocenters. The molecule has 0 aliphatic heterocycles. The number of carbonyl (C=O) groups excluding carboxylic acids is 1. The molecule has 0 aromatic heterocycles. The molecule has 0 aliphatic carbocycles. The maximum Gasteiger partial charge on any atom is 0.412 e. The molecule has 90 valence electrons. The molecule has 0 heterocycles. The average molecular weight is 234 g/mol. The Bertz CT molecular complexity index is 444. The molecule has 17 heavy (non-hydrogen) atoms. The van der Waals surface area contributed by atoms with E-state index in [0.717, 1.165) is 0 Å². The zero-order chi connectivity index (χ0) is 12.9. The number of anilines is 1. The van der Waals surface area contributed by atoms with Crippen molar-refractivity contribution in [2.75, 3.05) is 5.32 Å². The van der Waals surface area contributed by atoms with Gasteiger partial charge in [0.05, 0.1) is 0 Å². The number of nitriles is 1. The van der Waals surface area contributed by atoms with Gasteiger partial charge in [-0.2, -0.15) is 0 Å². The van der Waals surface area contributed by atoms with E-state index in [-0.39, 0.29) is 0 Å². The van der Waals surface area contributed by atoms with E-state index in [2.05, 4.69) is 10.1 Å². The average Bonchev–Trinajstić information content (AvgIpc) is 2.15. The Labute approximate surface area is 100.0 Å². The summed E-state index contributed by atoms with van der Waals surface area (Å²) >= 11 is 0. The van der Waals surface area contributed by atoms with Crippen molar-refractivity contribution in [2.45, 2.75) is 26.4 Å². The molecule has 5 heteroatoms. The van der Waals surface area contributed by atoms with Gasteiger partial charge in [-0.15, -0.1) is 5.26 Å². The molecule has 1 N–H and O–H groups in total. The minimum atomic E-state index is -0.551. The molecule has 1 amide bonds. The second kappa shape index (κ2) is 5.21. The topological polar surface area (TPSA) is 71.3 Å². The highest BCUT2D eigenvalue weighted by atomic mass is 16.6. The Balaban J connectivity index is 2.66. The van der Waals surface area contributed by atoms with Crippen molar-refractivity contribution in [3.05, 3.63) is 24.3 Å². The molecule has 0 radical (unpaired) electrons. The lowest BCUT2D eigenvalue weighted by Gasteiger charge is -2.19. The van der Waals surface area contributed by atoms with Gasteiger partial charge in [-0.25, -0.2) is 4.79 Å². The van der Waals surface area contributed by atoms with Crippen LogP contribution in [-0.2, 0) is 4.74 Å². The largest absolute Gasteiger partial charge is 0.444 e. The summed E-state index contributed by atoms with van der Waals surface area (Å²) in [6.45, 7) is 5.34. The van der Waals surface area contributed by atoms with Gasteiger partial charge in [0.2, 0.25) is 0 Å². The number of ether oxygens (including phenoxy) is 2. The molecule has 1 rings (SSSR count). The second-order valence-electron chi connectivity index (χ2n) is 4.35. The second-order valence-corrected chi connectivity index (χ2v) is 4.35. The van der Waals surface area contributed by atoms with E-state index >= 15 is 0 Å². The van der Waals surface area contributed by atoms with Crippen LogP contribution in [-0.4, -0.2) is 11.7 Å². The van der Waals surface area contributed by atoms with Crippen LogP contribution in [0.4, 0.5) is 10.5 Å². The van der Waals surface area contributed by atoms with Gasteiger partial charge < -0.3 is 9.47 Å². The summed E-state index contributed by atoms with van der Waals surface area (Å²) in [5.74, 6) is 0.362. The summed E-state index contributed by atoms with van der Waals surface area (Å²) in [6, 6.07) is 6.49. The van der Waals surface area contributed by atoms with Crippen molar-refractivity contribution in [3.63, 3.8) is 0 Å². The monoisotopic (exact) mass is 234 g/mol. The molecule has 0 aliphatic rings. The number of hydrogen-bond donors (Lipinski definition) is 1. The zero-order valence-electron chi connectivity index (χ0n) is 9.98. The van der Waals surface area contributed by atoms with Gasteiger partial charge in [0.1, 0.15) is 11.4 Å². The zero-order valence-corrected chi connectivity index (χ0v) is 9.98. The van der Waals surface area contributed by atoms with Crippen molar-refractivity contribution in [1.82, 2.24) is 0 Å². The van der Waals surface area contributed by atoms with E-state index in [1.165, 1.54) is 6.07 Å². The normalized spacial score (nSPS) is 10.2. The van der Waals surface area contributed by atoms with Crippen LogP contribution >= 0.6 is 0 Å². The van der Waals surface area contributed by atoms with Crippen LogP contribution in [0.1, 0.15) is 20.8 Å². The van der Waals surface area contributed by atoms with Crippen LogP contribution < -0.4 is 10.1 Å². The Morgan fingerprint density at radius 3 is 2.71 bits per heavy atom. The molecule has 5 nitrogen and oxygen atoms in total. The van der Waals surface area contributed by atoms with Gasteiger partial charge in [0, 0.05) is 11.8 Å². The molecule has 0 saturated carbocycles. The highest BCUT2D eigenvalue weighted by molar-refractivity contribution is 5.85. The highest BCUT2D eigenvalue weighted by Crippen LogP contribution is 2.18. The third-order valence-electron chi connectivity index (χ3n) is 1.64. The number of nitrogens with one attached hydrogen (secondary N) is 1. The van der Waals surface area contributed by atoms with E-state index in [0.29, 0.717) is 11.4 Å². The number of rotatable bonds is 2. The van der Waals surface area contributed by atoms with Crippen LogP contribution in [0.3, 0.4) is 0 Å². The van der Waals surface area contributed by atoms with Crippen molar-refractivity contribution < 1.29 is 14.3 Å². The summed E-state index contributed by atoms with van der Waals surface area (Å²) < 4.78 is 9.73. The lowest BCUT2D eigenvalue weighted by atomic mass is 10.2. The fourth-order valence-electron chi connectivity index (χ4n) is 1.11. The lowest BCUT2D eigenvalue weighted by molar-refractivity contribution is 0.0636. The van der Waals surface area contributed by atoms with Gasteiger partial charge in [0.15, 0.2) is 0 Å². The van der Waals surface area contributed by atoms with Crippen molar-refractivity contribution in [3.8, 4) is 12.0 Å². The summed E-state index contributed by atoms with van der Waals surface area (Å²) in [4.78, 5) is 11.5. The van der Waals surface area contributed by atoms with E-state index in [1.807, 2.05) is 0 Å². The van der Waals surface area contributed by atoms with Crippen LogP contribution in [0.2, 0.25) is 0 Å². The molecular formula is C12H14N2O3. The first-order valence-electron chi connectivity index (χ1n) is 5.07. The lowest BCUT2D eigenvalue weighted by Crippen LogP contribution is -2.27. The third kappa shape index (κ3) is 4.89. The maximum absolute atomic E-state index is 11.5. The summed E-state index contributed by atoms with van der Waals surface area (Å²) in [5, 5.41) is 10.9. The maximum atomic E-state index is 11.5. The number of nitrogens with zero attached hydrogens (tertiary/aromatic N) is 1. The van der Waals surface area contributed by atoms with Gasteiger partial charge in [-0.3, -0.25) is 5.32 Å². The summed E-state index contributed by atoms with van der Waals surface area (Å²) in [5.41, 5.74) is -0.0443. The molecule has 1 aromatic carbocycles. The van der Waals surface area contributed by atoms with E-state index in [9.17, 15) is 4.79 Å². The van der Waals surface area contributed by atoms with Gasteiger partial charge in [0.25, 0.3) is 6.26 Å². The first kappa shape index (κ1) is 12.8. The SMILES string of the molecule is CC(C)(C)OC(=O)Nc1cccc(OC#N)c1. The Morgan fingerprint density at radius 1 is 1.41 bits per heavy atom. The first-order valence-corrected chi connectivity index (χ1v) is 5.07. The smallest absolute Gasteiger partial charge is 0.412 e. The Hall–Kier alpha value is -2.22. The number of benzene rings is 1. The van der Waals surface area contributed by atoms with E-state index in [4.69, 9.17) is 10.00 Å². The number of carbonyl (C=O) groups is 1. The highest BCUT2D eigenvalue weighted by Gasteiger charge is 2.16. The first-order chi connectivity index (χ1) is 7.90. The number of amides is 1. The quantitative estimate of drug-likeness (QED) is 0.798. The fourth-order valence-corrected chi connectivity index (χ4v) is 1.11. The predicted octanol–water partition coefficient (Wildman–Crippen LogP) is 2.89. The van der Waals surface area contributed by atoms with Crippen LogP contribution in [0.5, 0.6) is 5.75 Å². The van der Waals surface area contributed by atoms with Crippen molar-refractivity contribution >= 4 is 11.8 Å². The van der Waals surface area contributed by atoms with E-state index in [1.54, 1.807) is 45.2 Å². The van der Waals surface area contributed by atoms with Gasteiger partial charge in [-0.05, 0) is 32.9 Å². The molecule has 0 atom stereocenters. The Kier molecular flexibility index (Phi) is 3.94. The molecule has 0 fully saturated rings. The van der Waals surface area contributed by atoms with Crippen molar-refractivity contribution in [2.24, 2.45) is 0 Å². The minimum absolute atomic E-state index is 0.362. The predicted molar refractivity (Wildman–Crippen MR) is 62.5 cm³/mol. The third-order valence-corrected chi connectivity index (χ3v) is 1.64.